The van der Waals surface area contributed by atoms with Crippen LogP contribution in [0.2, 0.25) is 0 Å². The molecule has 0 bridgehead atoms. The lowest BCUT2D eigenvalue weighted by Crippen LogP contribution is -2.33. The van der Waals surface area contributed by atoms with E-state index in [0.29, 0.717) is 12.8 Å². The summed E-state index contributed by atoms with van der Waals surface area (Å²) in [4.78, 5) is 0. The Hall–Kier alpha value is -0.870. The molecular formula is C15H25NO2S. The van der Waals surface area contributed by atoms with E-state index < -0.39 is 15.4 Å². The summed E-state index contributed by atoms with van der Waals surface area (Å²) in [5.74, 6) is 0.430. The number of hydrogen-bond donors (Lipinski definition) is 1. The van der Waals surface area contributed by atoms with Crippen molar-refractivity contribution in [1.82, 2.24) is 0 Å². The summed E-state index contributed by atoms with van der Waals surface area (Å²) in [5, 5.41) is 0. The molecule has 2 N–H and O–H groups in total. The first kappa shape index (κ1) is 16.2. The van der Waals surface area contributed by atoms with Gasteiger partial charge in [0.25, 0.3) is 0 Å². The topological polar surface area (TPSA) is 60.2 Å². The molecule has 0 aliphatic rings. The first-order valence-electron chi connectivity index (χ1n) is 6.75. The predicted octanol–water partition coefficient (Wildman–Crippen LogP) is 2.69. The number of benzene rings is 1. The highest BCUT2D eigenvalue weighted by atomic mass is 32.2. The monoisotopic (exact) mass is 283 g/mol. The van der Waals surface area contributed by atoms with Crippen LogP contribution >= 0.6 is 0 Å². The van der Waals surface area contributed by atoms with E-state index in [4.69, 9.17) is 5.73 Å². The third-order valence-electron chi connectivity index (χ3n) is 3.76. The van der Waals surface area contributed by atoms with Crippen LogP contribution in [0.25, 0.3) is 0 Å². The van der Waals surface area contributed by atoms with Crippen molar-refractivity contribution in [1.29, 1.82) is 0 Å². The Bertz CT molecular complexity index is 533. The molecule has 0 saturated heterocycles. The summed E-state index contributed by atoms with van der Waals surface area (Å²) in [5.41, 5.74) is 9.40. The van der Waals surface area contributed by atoms with Gasteiger partial charge in [-0.1, -0.05) is 25.1 Å². The average molecular weight is 283 g/mol. The fraction of sp³-hybridized carbons (Fsp3) is 0.600. The van der Waals surface area contributed by atoms with Crippen LogP contribution in [0.1, 0.15) is 43.4 Å². The fourth-order valence-electron chi connectivity index (χ4n) is 2.04. The molecule has 0 spiro atoms. The molecule has 0 aliphatic heterocycles. The summed E-state index contributed by atoms with van der Waals surface area (Å²) in [7, 11) is -2.89. The summed E-state index contributed by atoms with van der Waals surface area (Å²) in [6.45, 7) is 7.78. The summed E-state index contributed by atoms with van der Waals surface area (Å²) in [6, 6.07) is 6.21. The van der Waals surface area contributed by atoms with Crippen molar-refractivity contribution in [2.45, 2.75) is 46.1 Å². The minimum absolute atomic E-state index is 0.206. The standard InChI is InChI=1S/C15H25NO2S/c1-5-19(17,18)10-6-9-15(4,16)14-8-7-12(2)13(3)11-14/h7-8,11H,5-6,9-10,16H2,1-4H3. The first-order valence-corrected chi connectivity index (χ1v) is 8.57. The molecule has 4 heteroatoms. The van der Waals surface area contributed by atoms with Crippen LogP contribution in [0.15, 0.2) is 18.2 Å². The van der Waals surface area contributed by atoms with E-state index in [0.717, 1.165) is 5.56 Å². The largest absolute Gasteiger partial charge is 0.322 e. The summed E-state index contributed by atoms with van der Waals surface area (Å²) >= 11 is 0. The quantitative estimate of drug-likeness (QED) is 0.873. The van der Waals surface area contributed by atoms with Gasteiger partial charge in [-0.15, -0.1) is 0 Å². The molecule has 0 saturated carbocycles. The van der Waals surface area contributed by atoms with Crippen molar-refractivity contribution in [3.63, 3.8) is 0 Å². The second kappa shape index (κ2) is 6.06. The van der Waals surface area contributed by atoms with Gasteiger partial charge in [0.2, 0.25) is 0 Å². The molecular weight excluding hydrogens is 258 g/mol. The van der Waals surface area contributed by atoms with Gasteiger partial charge >= 0.3 is 0 Å². The lowest BCUT2D eigenvalue weighted by atomic mass is 9.87. The zero-order valence-corrected chi connectivity index (χ0v) is 13.2. The van der Waals surface area contributed by atoms with Crippen molar-refractivity contribution < 1.29 is 8.42 Å². The van der Waals surface area contributed by atoms with Gasteiger partial charge in [0, 0.05) is 11.3 Å². The van der Waals surface area contributed by atoms with Crippen LogP contribution in [0, 0.1) is 13.8 Å². The second-order valence-corrected chi connectivity index (χ2v) is 8.03. The van der Waals surface area contributed by atoms with Crippen LogP contribution in [-0.2, 0) is 15.4 Å². The van der Waals surface area contributed by atoms with E-state index in [1.54, 1.807) is 6.92 Å². The zero-order chi connectivity index (χ0) is 14.7. The number of rotatable bonds is 6. The van der Waals surface area contributed by atoms with Gasteiger partial charge in [0.1, 0.15) is 9.84 Å². The van der Waals surface area contributed by atoms with Gasteiger partial charge in [-0.05, 0) is 50.3 Å². The van der Waals surface area contributed by atoms with Crippen molar-refractivity contribution in [2.75, 3.05) is 11.5 Å². The van der Waals surface area contributed by atoms with E-state index >= 15 is 0 Å². The Labute approximate surface area is 117 Å². The van der Waals surface area contributed by atoms with E-state index in [1.807, 2.05) is 13.0 Å². The van der Waals surface area contributed by atoms with Gasteiger partial charge in [0.05, 0.1) is 5.75 Å². The molecule has 1 aromatic carbocycles. The Kier molecular flexibility index (Phi) is 5.16. The molecule has 0 aliphatic carbocycles. The molecule has 0 amide bonds. The maximum atomic E-state index is 11.5. The van der Waals surface area contributed by atoms with Gasteiger partial charge in [-0.3, -0.25) is 0 Å². The Balaban J connectivity index is 2.73. The van der Waals surface area contributed by atoms with E-state index in [1.165, 1.54) is 11.1 Å². The van der Waals surface area contributed by atoms with Gasteiger partial charge < -0.3 is 5.73 Å². The molecule has 1 rings (SSSR count). The molecule has 0 fully saturated rings. The number of sulfone groups is 1. The van der Waals surface area contributed by atoms with Gasteiger partial charge in [-0.2, -0.15) is 0 Å². The van der Waals surface area contributed by atoms with E-state index in [2.05, 4.69) is 26.0 Å². The van der Waals surface area contributed by atoms with Crippen LogP contribution in [0.3, 0.4) is 0 Å². The third kappa shape index (κ3) is 4.62. The molecule has 3 nitrogen and oxygen atoms in total. The van der Waals surface area contributed by atoms with Gasteiger partial charge in [-0.25, -0.2) is 8.42 Å². The normalized spacial score (nSPS) is 15.2. The SMILES string of the molecule is CCS(=O)(=O)CCCC(C)(N)c1ccc(C)c(C)c1. The highest BCUT2D eigenvalue weighted by Crippen LogP contribution is 2.25. The molecule has 1 aromatic rings. The third-order valence-corrected chi connectivity index (χ3v) is 5.55. The second-order valence-electron chi connectivity index (χ2n) is 5.56. The Morgan fingerprint density at radius 3 is 2.37 bits per heavy atom. The van der Waals surface area contributed by atoms with Crippen LogP contribution in [0.5, 0.6) is 0 Å². The fourth-order valence-corrected chi connectivity index (χ4v) is 2.92. The lowest BCUT2D eigenvalue weighted by molar-refractivity contribution is 0.445. The van der Waals surface area contributed by atoms with Crippen LogP contribution in [-0.4, -0.2) is 19.9 Å². The maximum absolute atomic E-state index is 11.5. The van der Waals surface area contributed by atoms with Crippen LogP contribution in [0.4, 0.5) is 0 Å². The Morgan fingerprint density at radius 1 is 1.21 bits per heavy atom. The van der Waals surface area contributed by atoms with Crippen molar-refractivity contribution in [3.05, 3.63) is 34.9 Å². The van der Waals surface area contributed by atoms with E-state index in [9.17, 15) is 8.42 Å². The number of nitrogens with two attached hydrogens (primary N) is 1. The maximum Gasteiger partial charge on any atom is 0.150 e. The molecule has 0 radical (unpaired) electrons. The smallest absolute Gasteiger partial charge is 0.150 e. The summed E-state index contributed by atoms with van der Waals surface area (Å²) < 4.78 is 23.0. The molecule has 0 aromatic heterocycles. The number of hydrogen-bond acceptors (Lipinski definition) is 3. The zero-order valence-electron chi connectivity index (χ0n) is 12.4. The average Bonchev–Trinajstić information content (AvgIpc) is 2.32. The molecule has 19 heavy (non-hydrogen) atoms. The highest BCUT2D eigenvalue weighted by molar-refractivity contribution is 7.91. The highest BCUT2D eigenvalue weighted by Gasteiger charge is 2.22. The first-order chi connectivity index (χ1) is 8.68. The molecule has 108 valence electrons. The molecule has 1 atom stereocenters. The van der Waals surface area contributed by atoms with Crippen molar-refractivity contribution in [2.24, 2.45) is 5.73 Å². The van der Waals surface area contributed by atoms with Crippen LogP contribution < -0.4 is 5.73 Å². The van der Waals surface area contributed by atoms with E-state index in [-0.39, 0.29) is 11.5 Å². The minimum Gasteiger partial charge on any atom is -0.322 e. The summed E-state index contributed by atoms with van der Waals surface area (Å²) in [6.07, 6.45) is 1.28. The predicted molar refractivity (Wildman–Crippen MR) is 81.0 cm³/mol. The lowest BCUT2D eigenvalue weighted by Gasteiger charge is -2.26. The van der Waals surface area contributed by atoms with Crippen molar-refractivity contribution >= 4 is 9.84 Å². The van der Waals surface area contributed by atoms with Gasteiger partial charge in [0.15, 0.2) is 0 Å². The van der Waals surface area contributed by atoms with Crippen molar-refractivity contribution in [3.8, 4) is 0 Å². The minimum atomic E-state index is -2.89. The molecule has 1 unspecified atom stereocenters. The number of aryl methyl sites for hydroxylation is 2. The molecule has 0 heterocycles. The Morgan fingerprint density at radius 2 is 1.84 bits per heavy atom.